The molecule has 0 bridgehead atoms. The second kappa shape index (κ2) is 6.30. The first-order valence-electron chi connectivity index (χ1n) is 6.30. The summed E-state index contributed by atoms with van der Waals surface area (Å²) in [7, 11) is 0. The molecule has 0 amide bonds. The number of nitrogens with zero attached hydrogens (tertiary/aromatic N) is 1. The van der Waals surface area contributed by atoms with Crippen molar-refractivity contribution >= 4 is 5.69 Å². The summed E-state index contributed by atoms with van der Waals surface area (Å²) in [5.41, 5.74) is 2.90. The Morgan fingerprint density at radius 2 is 1.94 bits per heavy atom. The van der Waals surface area contributed by atoms with E-state index in [0.717, 1.165) is 22.7 Å². The summed E-state index contributed by atoms with van der Waals surface area (Å²) in [4.78, 5) is 0. The van der Waals surface area contributed by atoms with Gasteiger partial charge in [0.25, 0.3) is 0 Å². The van der Waals surface area contributed by atoms with Gasteiger partial charge >= 0.3 is 0 Å². The number of aryl methyl sites for hydroxylation is 1. The molecule has 1 rings (SSSR count). The first kappa shape index (κ1) is 13.6. The number of anilines is 1. The standard InChI is InChI=1S/C15H22N2/c1-11(2)5-6-13(4)17-15-8-7-14(10-16)12(3)9-15/h7-9,11,13,17H,5-6H2,1-4H3. The van der Waals surface area contributed by atoms with Crippen molar-refractivity contribution in [3.8, 4) is 6.07 Å². The van der Waals surface area contributed by atoms with Crippen LogP contribution in [0.5, 0.6) is 0 Å². The minimum atomic E-state index is 0.477. The smallest absolute Gasteiger partial charge is 0.0994 e. The molecule has 1 aromatic carbocycles. The summed E-state index contributed by atoms with van der Waals surface area (Å²) >= 11 is 0. The van der Waals surface area contributed by atoms with Gasteiger partial charge < -0.3 is 5.32 Å². The summed E-state index contributed by atoms with van der Waals surface area (Å²) in [6.07, 6.45) is 2.42. The van der Waals surface area contributed by atoms with Gasteiger partial charge in [0, 0.05) is 11.7 Å². The molecule has 2 heteroatoms. The van der Waals surface area contributed by atoms with Gasteiger partial charge in [0.05, 0.1) is 11.6 Å². The Kier molecular flexibility index (Phi) is 5.03. The van der Waals surface area contributed by atoms with Crippen LogP contribution in [-0.2, 0) is 0 Å². The van der Waals surface area contributed by atoms with Crippen molar-refractivity contribution in [2.24, 2.45) is 5.92 Å². The molecule has 17 heavy (non-hydrogen) atoms. The quantitative estimate of drug-likeness (QED) is 0.826. The van der Waals surface area contributed by atoms with Gasteiger partial charge in [-0.25, -0.2) is 0 Å². The van der Waals surface area contributed by atoms with Gasteiger partial charge in [-0.2, -0.15) is 5.26 Å². The third-order valence-corrected chi connectivity index (χ3v) is 2.94. The highest BCUT2D eigenvalue weighted by Crippen LogP contribution is 2.17. The maximum atomic E-state index is 8.87. The number of nitrogens with one attached hydrogen (secondary N) is 1. The van der Waals surface area contributed by atoms with Gasteiger partial charge in [-0.05, 0) is 56.4 Å². The van der Waals surface area contributed by atoms with Gasteiger partial charge in [0.1, 0.15) is 0 Å². The molecule has 0 aliphatic carbocycles. The van der Waals surface area contributed by atoms with Crippen LogP contribution in [0.15, 0.2) is 18.2 Å². The van der Waals surface area contributed by atoms with Crippen LogP contribution in [0.25, 0.3) is 0 Å². The Bertz CT molecular complexity index is 402. The van der Waals surface area contributed by atoms with E-state index in [9.17, 15) is 0 Å². The molecule has 0 aromatic heterocycles. The molecule has 0 saturated heterocycles. The van der Waals surface area contributed by atoms with E-state index in [4.69, 9.17) is 5.26 Å². The van der Waals surface area contributed by atoms with Crippen LogP contribution < -0.4 is 5.32 Å². The Balaban J connectivity index is 2.57. The molecular formula is C15H22N2. The lowest BCUT2D eigenvalue weighted by Gasteiger charge is -2.16. The van der Waals surface area contributed by atoms with Crippen molar-refractivity contribution in [2.45, 2.75) is 46.6 Å². The van der Waals surface area contributed by atoms with Crippen LogP contribution in [0.4, 0.5) is 5.69 Å². The molecule has 0 saturated carbocycles. The number of nitriles is 1. The highest BCUT2D eigenvalue weighted by atomic mass is 14.9. The molecule has 0 fully saturated rings. The predicted octanol–water partition coefficient (Wildman–Crippen LogP) is 4.10. The first-order valence-corrected chi connectivity index (χ1v) is 6.30. The molecule has 2 nitrogen and oxygen atoms in total. The molecule has 0 spiro atoms. The van der Waals surface area contributed by atoms with E-state index in [0.29, 0.717) is 6.04 Å². The first-order chi connectivity index (χ1) is 8.02. The van der Waals surface area contributed by atoms with Crippen molar-refractivity contribution in [1.29, 1.82) is 5.26 Å². The Hall–Kier alpha value is -1.49. The van der Waals surface area contributed by atoms with Crippen molar-refractivity contribution in [3.05, 3.63) is 29.3 Å². The average Bonchev–Trinajstić information content (AvgIpc) is 2.26. The van der Waals surface area contributed by atoms with Crippen molar-refractivity contribution in [1.82, 2.24) is 0 Å². The van der Waals surface area contributed by atoms with E-state index in [1.807, 2.05) is 25.1 Å². The molecule has 1 unspecified atom stereocenters. The molecular weight excluding hydrogens is 208 g/mol. The van der Waals surface area contributed by atoms with Crippen LogP contribution in [0.3, 0.4) is 0 Å². The van der Waals surface area contributed by atoms with E-state index in [1.165, 1.54) is 12.8 Å². The van der Waals surface area contributed by atoms with Gasteiger partial charge in [-0.15, -0.1) is 0 Å². The second-order valence-electron chi connectivity index (χ2n) is 5.16. The van der Waals surface area contributed by atoms with E-state index < -0.39 is 0 Å². The lowest BCUT2D eigenvalue weighted by molar-refractivity contribution is 0.528. The number of rotatable bonds is 5. The van der Waals surface area contributed by atoms with Crippen molar-refractivity contribution in [3.63, 3.8) is 0 Å². The highest BCUT2D eigenvalue weighted by Gasteiger charge is 2.05. The zero-order chi connectivity index (χ0) is 12.8. The third kappa shape index (κ3) is 4.48. The largest absolute Gasteiger partial charge is 0.383 e. The zero-order valence-electron chi connectivity index (χ0n) is 11.2. The predicted molar refractivity (Wildman–Crippen MR) is 73.1 cm³/mol. The fourth-order valence-corrected chi connectivity index (χ4v) is 1.82. The molecule has 1 atom stereocenters. The molecule has 0 heterocycles. The Morgan fingerprint density at radius 3 is 2.47 bits per heavy atom. The molecule has 1 aromatic rings. The summed E-state index contributed by atoms with van der Waals surface area (Å²) in [6, 6.07) is 8.58. The third-order valence-electron chi connectivity index (χ3n) is 2.94. The van der Waals surface area contributed by atoms with Gasteiger partial charge in [-0.1, -0.05) is 13.8 Å². The van der Waals surface area contributed by atoms with Crippen molar-refractivity contribution < 1.29 is 0 Å². The van der Waals surface area contributed by atoms with Crippen LogP contribution >= 0.6 is 0 Å². The normalized spacial score (nSPS) is 12.2. The Labute approximate surface area is 105 Å². The number of hydrogen-bond acceptors (Lipinski definition) is 2. The average molecular weight is 230 g/mol. The summed E-state index contributed by atoms with van der Waals surface area (Å²) in [5.74, 6) is 0.752. The monoisotopic (exact) mass is 230 g/mol. The van der Waals surface area contributed by atoms with Crippen LogP contribution in [0, 0.1) is 24.2 Å². The topological polar surface area (TPSA) is 35.8 Å². The fourth-order valence-electron chi connectivity index (χ4n) is 1.82. The maximum absolute atomic E-state index is 8.87. The van der Waals surface area contributed by atoms with Crippen molar-refractivity contribution in [2.75, 3.05) is 5.32 Å². The molecule has 1 N–H and O–H groups in total. The molecule has 92 valence electrons. The summed E-state index contributed by atoms with van der Waals surface area (Å²) in [5, 5.41) is 12.3. The minimum absolute atomic E-state index is 0.477. The zero-order valence-corrected chi connectivity index (χ0v) is 11.2. The van der Waals surface area contributed by atoms with E-state index in [1.54, 1.807) is 0 Å². The van der Waals surface area contributed by atoms with Crippen LogP contribution in [-0.4, -0.2) is 6.04 Å². The fraction of sp³-hybridized carbons (Fsp3) is 0.533. The lowest BCUT2D eigenvalue weighted by Crippen LogP contribution is -2.15. The molecule has 0 aliphatic rings. The van der Waals surface area contributed by atoms with E-state index >= 15 is 0 Å². The molecule has 0 radical (unpaired) electrons. The summed E-state index contributed by atoms with van der Waals surface area (Å²) < 4.78 is 0. The molecule has 0 aliphatic heterocycles. The number of benzene rings is 1. The number of hydrogen-bond donors (Lipinski definition) is 1. The van der Waals surface area contributed by atoms with Crippen LogP contribution in [0.2, 0.25) is 0 Å². The maximum Gasteiger partial charge on any atom is 0.0994 e. The lowest BCUT2D eigenvalue weighted by atomic mass is 10.0. The highest BCUT2D eigenvalue weighted by molar-refractivity contribution is 5.51. The van der Waals surface area contributed by atoms with Gasteiger partial charge in [-0.3, -0.25) is 0 Å². The van der Waals surface area contributed by atoms with Gasteiger partial charge in [0.2, 0.25) is 0 Å². The SMILES string of the molecule is Cc1cc(NC(C)CCC(C)C)ccc1C#N. The van der Waals surface area contributed by atoms with E-state index in [-0.39, 0.29) is 0 Å². The van der Waals surface area contributed by atoms with E-state index in [2.05, 4.69) is 32.2 Å². The van der Waals surface area contributed by atoms with Gasteiger partial charge in [0.15, 0.2) is 0 Å². The second-order valence-corrected chi connectivity index (χ2v) is 5.16. The summed E-state index contributed by atoms with van der Waals surface area (Å²) in [6.45, 7) is 8.68. The minimum Gasteiger partial charge on any atom is -0.383 e. The van der Waals surface area contributed by atoms with Crippen LogP contribution in [0.1, 0.15) is 44.7 Å². The Morgan fingerprint density at radius 1 is 1.24 bits per heavy atom.